The van der Waals surface area contributed by atoms with E-state index in [1.807, 2.05) is 55.1 Å². The lowest BCUT2D eigenvalue weighted by molar-refractivity contribution is 0.238. The van der Waals surface area contributed by atoms with Crippen LogP contribution in [0.25, 0.3) is 112 Å². The van der Waals surface area contributed by atoms with Crippen LogP contribution >= 0.6 is 46.4 Å². The highest BCUT2D eigenvalue weighted by Gasteiger charge is 2.33. The van der Waals surface area contributed by atoms with Gasteiger partial charge in [0.25, 0.3) is 0 Å². The van der Waals surface area contributed by atoms with Gasteiger partial charge in [0, 0.05) is 93.3 Å². The van der Waals surface area contributed by atoms with Gasteiger partial charge in [-0.3, -0.25) is 25.5 Å². The summed E-state index contributed by atoms with van der Waals surface area (Å²) in [5, 5.41) is 38.7. The van der Waals surface area contributed by atoms with Crippen molar-refractivity contribution in [1.82, 2.24) is 101 Å². The number of hydrogen-bond acceptors (Lipinski definition) is 20. The molecule has 0 atom stereocenters. The predicted molar refractivity (Wildman–Crippen MR) is 496 cm³/mol. The molecule has 0 unspecified atom stereocenters. The Bertz CT molecular complexity index is 6080. The van der Waals surface area contributed by atoms with Crippen molar-refractivity contribution in [2.45, 2.75) is 154 Å². The van der Waals surface area contributed by atoms with Crippen LogP contribution < -0.4 is 24.5 Å². The Balaban J connectivity index is 0.000000114. The van der Waals surface area contributed by atoms with Crippen LogP contribution in [0.15, 0.2) is 140 Å². The molecule has 10 aromatic heterocycles. The van der Waals surface area contributed by atoms with E-state index < -0.39 is 5.82 Å². The number of anilines is 5. The molecule has 123 heavy (non-hydrogen) atoms. The number of rotatable bonds is 11. The standard InChI is InChI=1S/C20H25N5.C19H23N5.C18H19Cl2N5.C18H19ClFN5.C18H20ClN5/c1-4-20(3)8-10-25(11-9-20)16-13-21-18-17(23-24-19(18)22-16)15-7-5-6-14(2)12-15;1-13-5-4-6-14(11-13)16-17-18(23-22-16)21-15(12-20-17)24-9-7-19(2,3)8-10-24;1-18(2)5-7-25(8-6-18)14-10-21-16-15(23-24-17(16)22-14)11-3-4-12(19)13(20)9-11;1-18(2)5-7-25(8-6-18)14-10-21-16-15(23-24-17(16)22-14)11-3-4-13(20)12(19)9-11;1-18(2)7-9-24(10-8-18)14-11-20-16-15(22-23-17(16)21-14)12-5-3-4-6-13(12)19/h5-7,12-13H,4,8-11H2,1-3H3,(H,22,23,24);4-6,11-12H,7-10H2,1-3H3,(H,21,22,23);2*3-4,9-10H,5-8H2,1-2H3,(H,22,23,24);3-6,11H,7-10H2,1-2H3,(H,21,22,23). The average Bonchev–Trinajstić information content (AvgIpc) is 1.67. The smallest absolute Gasteiger partial charge is 0.202 e. The molecule has 638 valence electrons. The van der Waals surface area contributed by atoms with Crippen molar-refractivity contribution in [3.63, 3.8) is 0 Å². The van der Waals surface area contributed by atoms with E-state index in [1.54, 1.807) is 30.5 Å². The summed E-state index contributed by atoms with van der Waals surface area (Å²) in [6.45, 7) is 37.5. The van der Waals surface area contributed by atoms with E-state index in [9.17, 15) is 4.39 Å². The van der Waals surface area contributed by atoms with Crippen LogP contribution in [0.5, 0.6) is 0 Å². The van der Waals surface area contributed by atoms with Gasteiger partial charge in [-0.2, -0.15) is 25.5 Å². The lowest BCUT2D eigenvalue weighted by Crippen LogP contribution is -2.38. The number of hydrogen-bond donors (Lipinski definition) is 5. The van der Waals surface area contributed by atoms with Gasteiger partial charge >= 0.3 is 0 Å². The molecule has 0 spiro atoms. The van der Waals surface area contributed by atoms with Crippen molar-refractivity contribution >= 4 is 131 Å². The van der Waals surface area contributed by atoms with Gasteiger partial charge in [-0.05, 0) is 154 Å². The molecule has 5 aliphatic rings. The van der Waals surface area contributed by atoms with Crippen molar-refractivity contribution < 1.29 is 4.39 Å². The summed E-state index contributed by atoms with van der Waals surface area (Å²) in [5.41, 5.74) is 20.4. The van der Waals surface area contributed by atoms with Gasteiger partial charge in [-0.25, -0.2) is 54.2 Å². The van der Waals surface area contributed by atoms with Crippen LogP contribution in [0, 0.1) is 46.7 Å². The maximum atomic E-state index is 13.4. The minimum Gasteiger partial charge on any atom is -0.355 e. The largest absolute Gasteiger partial charge is 0.355 e. The zero-order valence-electron chi connectivity index (χ0n) is 72.0. The second-order valence-electron chi connectivity index (χ2n) is 36.7. The monoisotopic (exact) mass is 1730 g/mol. The molecule has 5 fully saturated rings. The molecule has 0 bridgehead atoms. The van der Waals surface area contributed by atoms with E-state index in [-0.39, 0.29) is 5.02 Å². The lowest BCUT2D eigenvalue weighted by Gasteiger charge is -2.39. The molecule has 30 heteroatoms. The summed E-state index contributed by atoms with van der Waals surface area (Å²) in [6, 6.07) is 34.4. The van der Waals surface area contributed by atoms with E-state index >= 15 is 0 Å². The second-order valence-corrected chi connectivity index (χ2v) is 38.4. The highest BCUT2D eigenvalue weighted by atomic mass is 35.5. The van der Waals surface area contributed by atoms with E-state index in [2.05, 4.69) is 237 Å². The minimum absolute atomic E-state index is 0.0701. The van der Waals surface area contributed by atoms with Gasteiger partial charge in [0.2, 0.25) is 28.2 Å². The van der Waals surface area contributed by atoms with E-state index in [4.69, 9.17) is 66.3 Å². The first-order valence-corrected chi connectivity index (χ1v) is 44.1. The summed E-state index contributed by atoms with van der Waals surface area (Å²) in [5.74, 6) is 4.05. The van der Waals surface area contributed by atoms with E-state index in [0.29, 0.717) is 81.6 Å². The number of aryl methyl sites for hydroxylation is 2. The van der Waals surface area contributed by atoms with Crippen LogP contribution in [0.3, 0.4) is 0 Å². The van der Waals surface area contributed by atoms with Gasteiger partial charge in [0.05, 0.1) is 79.5 Å². The third-order valence-corrected chi connectivity index (χ3v) is 26.7. The van der Waals surface area contributed by atoms with E-state index in [0.717, 1.165) is 206 Å². The summed E-state index contributed by atoms with van der Waals surface area (Å²) in [6.07, 6.45) is 22.2. The number of benzene rings is 5. The summed E-state index contributed by atoms with van der Waals surface area (Å²) in [4.78, 5) is 58.1. The molecule has 5 N–H and O–H groups in total. The Labute approximate surface area is 736 Å². The zero-order chi connectivity index (χ0) is 86.1. The highest BCUT2D eigenvalue weighted by molar-refractivity contribution is 6.42. The molecule has 5 aliphatic heterocycles. The van der Waals surface area contributed by atoms with Crippen molar-refractivity contribution in [2.24, 2.45) is 27.1 Å². The Morgan fingerprint density at radius 3 is 0.919 bits per heavy atom. The Morgan fingerprint density at radius 1 is 0.317 bits per heavy atom. The first-order valence-electron chi connectivity index (χ1n) is 42.6. The topological polar surface area (TPSA) is 288 Å². The van der Waals surface area contributed by atoms with Crippen LogP contribution in [0.2, 0.25) is 20.1 Å². The first kappa shape index (κ1) is 85.5. The number of aromatic amines is 5. The van der Waals surface area contributed by atoms with Gasteiger partial charge in [0.1, 0.15) is 62.5 Å². The normalized spacial score (nSPS) is 17.3. The van der Waals surface area contributed by atoms with Crippen LogP contribution in [-0.2, 0) is 0 Å². The quantitative estimate of drug-likeness (QED) is 0.0804. The molecular weight excluding hydrogens is 1630 g/mol. The molecule has 0 radical (unpaired) electrons. The minimum atomic E-state index is -0.448. The van der Waals surface area contributed by atoms with Crippen LogP contribution in [0.4, 0.5) is 33.5 Å². The molecule has 0 aliphatic carbocycles. The van der Waals surface area contributed by atoms with Crippen LogP contribution in [0.1, 0.15) is 151 Å². The summed E-state index contributed by atoms with van der Waals surface area (Å²) >= 11 is 24.3. The maximum absolute atomic E-state index is 13.4. The van der Waals surface area contributed by atoms with Crippen molar-refractivity contribution in [3.8, 4) is 56.3 Å². The van der Waals surface area contributed by atoms with Crippen molar-refractivity contribution in [3.05, 3.63) is 177 Å². The number of nitrogens with one attached hydrogen (secondary N) is 5. The molecule has 5 aromatic carbocycles. The number of H-pyrrole nitrogens is 5. The molecule has 20 rings (SSSR count). The number of piperidine rings is 5. The molecule has 15 heterocycles. The molecule has 15 aromatic rings. The Morgan fingerprint density at radius 2 is 0.610 bits per heavy atom. The SMILES string of the molecule is CC1(C)CCN(c2cnc3c(-c4ccc(Cl)c(Cl)c4)[nH]nc3n2)CC1.CC1(C)CCN(c2cnc3c(-c4ccc(F)c(Cl)c4)[nH]nc3n2)CC1.CC1(C)CCN(c2cnc3c(-c4ccccc4Cl)[nH]nc3n2)CC1.CCC1(C)CCN(c2cnc3c(-c4cccc(C)c4)[nH]nc3n2)CC1.Cc1cccc(-c2[nH]nc3nc(N4CCC(C)(C)CC4)cnc23)c1. The first-order chi connectivity index (χ1) is 59.0. The molecular formula is C93H106Cl4FN25. The molecule has 0 amide bonds. The number of aromatic nitrogens is 20. The molecule has 25 nitrogen and oxygen atoms in total. The number of halogens is 5. The lowest BCUT2D eigenvalue weighted by atomic mass is 9.78. The second kappa shape index (κ2) is 35.7. The van der Waals surface area contributed by atoms with Gasteiger partial charge in [0.15, 0.2) is 0 Å². The number of nitrogens with zero attached hydrogens (tertiary/aromatic N) is 20. The summed E-state index contributed by atoms with van der Waals surface area (Å²) < 4.78 is 13.4. The van der Waals surface area contributed by atoms with E-state index in [1.165, 1.54) is 49.3 Å². The fourth-order valence-corrected chi connectivity index (χ4v) is 17.0. The van der Waals surface area contributed by atoms with Crippen molar-refractivity contribution in [2.75, 3.05) is 89.9 Å². The van der Waals surface area contributed by atoms with Gasteiger partial charge < -0.3 is 24.5 Å². The zero-order valence-corrected chi connectivity index (χ0v) is 75.0. The fraction of sp³-hybridized carbons (Fsp3) is 0.409. The van der Waals surface area contributed by atoms with Gasteiger partial charge in [-0.15, -0.1) is 0 Å². The average molecular weight is 1730 g/mol. The summed E-state index contributed by atoms with van der Waals surface area (Å²) in [7, 11) is 0. The Kier molecular flexibility index (Phi) is 24.8. The third kappa shape index (κ3) is 19.6. The Hall–Kier alpha value is -11.1. The fourth-order valence-electron chi connectivity index (χ4n) is 16.2. The number of fused-ring (bicyclic) bond motifs is 5. The van der Waals surface area contributed by atoms with Crippen molar-refractivity contribution in [1.29, 1.82) is 0 Å². The highest BCUT2D eigenvalue weighted by Crippen LogP contribution is 2.41. The molecule has 0 saturated carbocycles. The predicted octanol–water partition coefficient (Wildman–Crippen LogP) is 22.0. The van der Waals surface area contributed by atoms with Gasteiger partial charge in [-0.1, -0.05) is 194 Å². The molecule has 5 saturated heterocycles. The van der Waals surface area contributed by atoms with Crippen LogP contribution in [-0.4, -0.2) is 166 Å². The third-order valence-electron chi connectivity index (χ3n) is 25.3. The maximum Gasteiger partial charge on any atom is 0.202 e.